The molecular formula is C44H38N2O4S. The van der Waals surface area contributed by atoms with Gasteiger partial charge >= 0.3 is 5.97 Å². The Labute approximate surface area is 301 Å². The number of carbonyl (C=O) groups excluding carboxylic acids is 2. The lowest BCUT2D eigenvalue weighted by molar-refractivity contribution is -0.140. The van der Waals surface area contributed by atoms with E-state index in [1.165, 1.54) is 27.3 Å². The SMILES string of the molecule is COC(=O)CCc1ccc(N(c2ccccc2)c2ccc3c(c2)sc2cc(N(c4ccccc4)c4ccc(CCC(=O)CO)cc4)ccc23)cc1. The Morgan fingerprint density at radius 1 is 0.549 bits per heavy atom. The first-order chi connectivity index (χ1) is 25.0. The summed E-state index contributed by atoms with van der Waals surface area (Å²) >= 11 is 1.78. The summed E-state index contributed by atoms with van der Waals surface area (Å²) in [7, 11) is 1.42. The fraction of sp³-hybridized carbons (Fsp3) is 0.136. The van der Waals surface area contributed by atoms with Crippen molar-refractivity contribution in [2.45, 2.75) is 25.7 Å². The van der Waals surface area contributed by atoms with Gasteiger partial charge in [0, 0.05) is 67.1 Å². The van der Waals surface area contributed by atoms with Crippen molar-refractivity contribution in [3.63, 3.8) is 0 Å². The molecule has 6 aromatic carbocycles. The van der Waals surface area contributed by atoms with Crippen LogP contribution < -0.4 is 9.80 Å². The molecule has 1 aromatic heterocycles. The van der Waals surface area contributed by atoms with Crippen LogP contribution in [0.3, 0.4) is 0 Å². The Bertz CT molecular complexity index is 2110. The molecule has 0 atom stereocenters. The van der Waals surface area contributed by atoms with Crippen molar-refractivity contribution in [3.05, 3.63) is 157 Å². The van der Waals surface area contributed by atoms with Gasteiger partial charge < -0.3 is 19.6 Å². The van der Waals surface area contributed by atoms with Crippen LogP contribution in [-0.4, -0.2) is 30.6 Å². The first-order valence-electron chi connectivity index (χ1n) is 17.0. The minimum Gasteiger partial charge on any atom is -0.469 e. The van der Waals surface area contributed by atoms with E-state index < -0.39 is 6.61 Å². The van der Waals surface area contributed by atoms with Crippen molar-refractivity contribution in [3.8, 4) is 0 Å². The zero-order valence-corrected chi connectivity index (χ0v) is 29.2. The van der Waals surface area contributed by atoms with Crippen molar-refractivity contribution in [1.82, 2.24) is 0 Å². The highest BCUT2D eigenvalue weighted by molar-refractivity contribution is 7.25. The number of para-hydroxylation sites is 2. The number of esters is 1. The van der Waals surface area contributed by atoms with Crippen LogP contribution in [0.5, 0.6) is 0 Å². The van der Waals surface area contributed by atoms with Gasteiger partial charge in [0.05, 0.1) is 7.11 Å². The molecule has 6 nitrogen and oxygen atoms in total. The van der Waals surface area contributed by atoms with E-state index >= 15 is 0 Å². The minimum absolute atomic E-state index is 0.149. The van der Waals surface area contributed by atoms with E-state index in [-0.39, 0.29) is 11.8 Å². The molecule has 0 unspecified atom stereocenters. The van der Waals surface area contributed by atoms with Gasteiger partial charge in [0.25, 0.3) is 0 Å². The van der Waals surface area contributed by atoms with Crippen molar-refractivity contribution >= 4 is 77.4 Å². The lowest BCUT2D eigenvalue weighted by Crippen LogP contribution is -2.10. The van der Waals surface area contributed by atoms with Crippen molar-refractivity contribution in [2.75, 3.05) is 23.5 Å². The Morgan fingerprint density at radius 2 is 0.961 bits per heavy atom. The van der Waals surface area contributed by atoms with Crippen LogP contribution in [-0.2, 0) is 27.2 Å². The lowest BCUT2D eigenvalue weighted by atomic mass is 10.1. The van der Waals surface area contributed by atoms with Crippen LogP contribution >= 0.6 is 11.3 Å². The van der Waals surface area contributed by atoms with Gasteiger partial charge in [-0.05, 0) is 96.8 Å². The molecule has 7 heteroatoms. The smallest absolute Gasteiger partial charge is 0.305 e. The molecule has 1 N–H and O–H groups in total. The maximum atomic E-state index is 11.7. The third-order valence-corrected chi connectivity index (χ3v) is 10.2. The largest absolute Gasteiger partial charge is 0.469 e. The average molecular weight is 691 g/mol. The summed E-state index contributed by atoms with van der Waals surface area (Å²) in [5, 5.41) is 11.5. The van der Waals surface area contributed by atoms with Crippen molar-refractivity contribution in [1.29, 1.82) is 0 Å². The first kappa shape index (κ1) is 33.7. The molecule has 0 aliphatic heterocycles. The van der Waals surface area contributed by atoms with Crippen molar-refractivity contribution in [2.24, 2.45) is 0 Å². The number of methoxy groups -OCH3 is 1. The number of aryl methyl sites for hydroxylation is 2. The number of aliphatic hydroxyl groups excluding tert-OH is 1. The number of fused-ring (bicyclic) bond motifs is 3. The lowest BCUT2D eigenvalue weighted by Gasteiger charge is -2.26. The van der Waals surface area contributed by atoms with Crippen LogP contribution in [0.15, 0.2) is 146 Å². The molecule has 0 aliphatic carbocycles. The van der Waals surface area contributed by atoms with Gasteiger partial charge in [0.2, 0.25) is 0 Å². The van der Waals surface area contributed by atoms with Crippen LogP contribution in [0, 0.1) is 0 Å². The Kier molecular flexibility index (Phi) is 10.2. The van der Waals surface area contributed by atoms with Gasteiger partial charge in [0.15, 0.2) is 5.78 Å². The number of hydrogen-bond acceptors (Lipinski definition) is 7. The molecule has 51 heavy (non-hydrogen) atoms. The molecule has 0 radical (unpaired) electrons. The summed E-state index contributed by atoms with van der Waals surface area (Å²) in [5.74, 6) is -0.356. The van der Waals surface area contributed by atoms with Crippen LogP contribution in [0.25, 0.3) is 20.2 Å². The second kappa shape index (κ2) is 15.4. The van der Waals surface area contributed by atoms with Gasteiger partial charge in [-0.2, -0.15) is 0 Å². The predicted octanol–water partition coefficient (Wildman–Crippen LogP) is 10.6. The quantitative estimate of drug-likeness (QED) is 0.121. The van der Waals surface area contributed by atoms with E-state index in [2.05, 4.69) is 131 Å². The van der Waals surface area contributed by atoms with E-state index in [1.54, 1.807) is 11.3 Å². The summed E-state index contributed by atoms with van der Waals surface area (Å²) in [4.78, 5) is 27.9. The Morgan fingerprint density at radius 3 is 1.39 bits per heavy atom. The van der Waals surface area contributed by atoms with Gasteiger partial charge in [-0.15, -0.1) is 11.3 Å². The highest BCUT2D eigenvalue weighted by atomic mass is 32.1. The molecule has 7 rings (SSSR count). The Balaban J connectivity index is 1.23. The molecule has 254 valence electrons. The van der Waals surface area contributed by atoms with E-state index in [1.807, 2.05) is 24.3 Å². The fourth-order valence-electron chi connectivity index (χ4n) is 6.42. The molecule has 1 heterocycles. The number of ketones is 1. The normalized spacial score (nSPS) is 11.1. The third kappa shape index (κ3) is 7.55. The number of ether oxygens (including phenoxy) is 1. The van der Waals surface area contributed by atoms with Gasteiger partial charge in [-0.1, -0.05) is 72.8 Å². The van der Waals surface area contributed by atoms with Crippen LogP contribution in [0.1, 0.15) is 24.0 Å². The summed E-state index contributed by atoms with van der Waals surface area (Å²) in [6.45, 7) is -0.415. The van der Waals surface area contributed by atoms with E-state index in [9.17, 15) is 9.59 Å². The summed E-state index contributed by atoms with van der Waals surface area (Å²) in [5.41, 5.74) is 8.44. The number of thiophene rings is 1. The maximum Gasteiger partial charge on any atom is 0.305 e. The molecule has 0 fully saturated rings. The summed E-state index contributed by atoms with van der Waals surface area (Å²) < 4.78 is 7.22. The van der Waals surface area contributed by atoms with E-state index in [0.717, 1.165) is 45.3 Å². The monoisotopic (exact) mass is 690 g/mol. The van der Waals surface area contributed by atoms with E-state index in [4.69, 9.17) is 9.84 Å². The number of Topliss-reactive ketones (excluding diaryl/α,β-unsaturated/α-hetero) is 1. The third-order valence-electron chi connectivity index (χ3n) is 9.09. The highest BCUT2D eigenvalue weighted by Crippen LogP contribution is 2.43. The minimum atomic E-state index is -0.415. The molecule has 0 saturated carbocycles. The van der Waals surface area contributed by atoms with Gasteiger partial charge in [0.1, 0.15) is 6.61 Å². The number of anilines is 6. The number of rotatable bonds is 13. The molecule has 0 amide bonds. The number of carbonyl (C=O) groups is 2. The van der Waals surface area contributed by atoms with E-state index in [0.29, 0.717) is 25.7 Å². The van der Waals surface area contributed by atoms with Gasteiger partial charge in [-0.3, -0.25) is 9.59 Å². The standard InChI is InChI=1S/C44H38N2O4S/c1-50-44(49)27-17-32-14-20-36(21-15-32)46(34-10-6-3-7-11-34)38-23-26-41-40-25-22-37(28-42(40)51-43(41)29-38)45(33-8-4-2-5-9-33)35-18-12-31(13-19-35)16-24-39(48)30-47/h2-15,18-23,25-26,28-29,47H,16-17,24,27,30H2,1H3. The highest BCUT2D eigenvalue weighted by Gasteiger charge is 2.17. The summed E-state index contributed by atoms with van der Waals surface area (Å²) in [6, 6.07) is 50.7. The number of hydrogen-bond donors (Lipinski definition) is 1. The van der Waals surface area contributed by atoms with Gasteiger partial charge in [-0.25, -0.2) is 0 Å². The summed E-state index contributed by atoms with van der Waals surface area (Å²) in [6.07, 6.45) is 1.92. The fourth-order valence-corrected chi connectivity index (χ4v) is 7.59. The number of benzene rings is 6. The van der Waals surface area contributed by atoms with Crippen LogP contribution in [0.2, 0.25) is 0 Å². The second-order valence-electron chi connectivity index (χ2n) is 12.4. The molecule has 0 aliphatic rings. The second-order valence-corrected chi connectivity index (χ2v) is 13.5. The molecule has 0 saturated heterocycles. The van der Waals surface area contributed by atoms with Crippen molar-refractivity contribution < 1.29 is 19.4 Å². The number of aliphatic hydroxyl groups is 1. The first-order valence-corrected chi connectivity index (χ1v) is 17.9. The zero-order valence-electron chi connectivity index (χ0n) is 28.4. The zero-order chi connectivity index (χ0) is 35.2. The topological polar surface area (TPSA) is 70.1 Å². The predicted molar refractivity (Wildman–Crippen MR) is 209 cm³/mol. The molecule has 0 spiro atoms. The number of nitrogens with zero attached hydrogens (tertiary/aromatic N) is 2. The molecule has 0 bridgehead atoms. The maximum absolute atomic E-state index is 11.7. The van der Waals surface area contributed by atoms with Crippen LogP contribution in [0.4, 0.5) is 34.1 Å². The Hall–Kier alpha value is -5.76. The average Bonchev–Trinajstić information content (AvgIpc) is 3.55. The molecule has 7 aromatic rings. The molecular weight excluding hydrogens is 653 g/mol.